The average Bonchev–Trinajstić information content (AvgIpc) is 3.37. The zero-order valence-corrected chi connectivity index (χ0v) is 15.7. The van der Waals surface area contributed by atoms with Crippen molar-refractivity contribution >= 4 is 22.9 Å². The predicted molar refractivity (Wildman–Crippen MR) is 105 cm³/mol. The van der Waals surface area contributed by atoms with Gasteiger partial charge in [0.2, 0.25) is 6.79 Å². The maximum atomic E-state index is 13.1. The number of nitrogens with zero attached hydrogens (tertiary/aromatic N) is 2. The minimum absolute atomic E-state index is 0.0439. The summed E-state index contributed by atoms with van der Waals surface area (Å²) in [4.78, 5) is 19.6. The molecule has 2 aromatic carbocycles. The summed E-state index contributed by atoms with van der Waals surface area (Å²) in [6, 6.07) is 13.9. The first-order chi connectivity index (χ1) is 13.2. The fourth-order valence-corrected chi connectivity index (χ4v) is 4.42. The standard InChI is InChI=1S/C21H18N2O3S/c1-13-8-9-23(17-5-3-2-4-15(13)17)21(24)16-11-27-20(22-16)14-6-7-18-19(10-14)26-12-25-18/h2-7,10-11,13H,8-9,12H2,1H3. The number of fused-ring (bicyclic) bond motifs is 2. The number of carbonyl (C=O) groups excluding carboxylic acids is 1. The highest BCUT2D eigenvalue weighted by Gasteiger charge is 2.28. The first-order valence-corrected chi connectivity index (χ1v) is 9.85. The van der Waals surface area contributed by atoms with E-state index >= 15 is 0 Å². The molecule has 1 aromatic heterocycles. The zero-order chi connectivity index (χ0) is 18.4. The van der Waals surface area contributed by atoms with Crippen molar-refractivity contribution in [2.45, 2.75) is 19.3 Å². The van der Waals surface area contributed by atoms with Crippen molar-refractivity contribution in [2.75, 3.05) is 18.2 Å². The summed E-state index contributed by atoms with van der Waals surface area (Å²) in [7, 11) is 0. The number of amides is 1. The summed E-state index contributed by atoms with van der Waals surface area (Å²) in [6.07, 6.45) is 0.960. The number of hydrogen-bond acceptors (Lipinski definition) is 5. The van der Waals surface area contributed by atoms with E-state index in [9.17, 15) is 4.79 Å². The Labute approximate surface area is 161 Å². The normalized spacial score (nSPS) is 17.7. The topological polar surface area (TPSA) is 51.7 Å². The molecule has 0 radical (unpaired) electrons. The molecule has 1 atom stereocenters. The van der Waals surface area contributed by atoms with Gasteiger partial charge in [-0.25, -0.2) is 4.98 Å². The van der Waals surface area contributed by atoms with Crippen LogP contribution in [0, 0.1) is 0 Å². The molecule has 2 aliphatic rings. The van der Waals surface area contributed by atoms with Crippen molar-refractivity contribution in [3.8, 4) is 22.1 Å². The van der Waals surface area contributed by atoms with E-state index in [1.807, 2.05) is 46.7 Å². The number of ether oxygens (including phenoxy) is 2. The van der Waals surface area contributed by atoms with Gasteiger partial charge < -0.3 is 14.4 Å². The molecule has 0 N–H and O–H groups in total. The lowest BCUT2D eigenvalue weighted by molar-refractivity contribution is 0.0980. The second-order valence-corrected chi connectivity index (χ2v) is 7.67. The Bertz CT molecular complexity index is 1030. The highest BCUT2D eigenvalue weighted by atomic mass is 32.1. The minimum atomic E-state index is -0.0439. The number of hydrogen-bond donors (Lipinski definition) is 0. The molecule has 3 aromatic rings. The molecule has 1 amide bonds. The van der Waals surface area contributed by atoms with Crippen LogP contribution in [0.3, 0.4) is 0 Å². The summed E-state index contributed by atoms with van der Waals surface area (Å²) >= 11 is 1.47. The Morgan fingerprint density at radius 3 is 2.96 bits per heavy atom. The molecular formula is C21H18N2O3S. The van der Waals surface area contributed by atoms with E-state index in [2.05, 4.69) is 18.0 Å². The highest BCUT2D eigenvalue weighted by molar-refractivity contribution is 7.13. The lowest BCUT2D eigenvalue weighted by Crippen LogP contribution is -2.36. The number of rotatable bonds is 2. The lowest BCUT2D eigenvalue weighted by atomic mass is 9.91. The maximum Gasteiger partial charge on any atom is 0.277 e. The van der Waals surface area contributed by atoms with E-state index in [-0.39, 0.29) is 12.7 Å². The van der Waals surface area contributed by atoms with Crippen LogP contribution in [0.15, 0.2) is 47.8 Å². The molecule has 3 heterocycles. The van der Waals surface area contributed by atoms with Gasteiger partial charge in [-0.15, -0.1) is 11.3 Å². The number of aromatic nitrogens is 1. The first kappa shape index (κ1) is 16.3. The van der Waals surface area contributed by atoms with E-state index < -0.39 is 0 Å². The summed E-state index contributed by atoms with van der Waals surface area (Å²) in [5.41, 5.74) is 3.63. The molecule has 27 heavy (non-hydrogen) atoms. The largest absolute Gasteiger partial charge is 0.454 e. The van der Waals surface area contributed by atoms with Crippen LogP contribution < -0.4 is 14.4 Å². The van der Waals surface area contributed by atoms with Crippen molar-refractivity contribution in [1.82, 2.24) is 4.98 Å². The second-order valence-electron chi connectivity index (χ2n) is 6.81. The third-order valence-corrected chi connectivity index (χ3v) is 6.02. The van der Waals surface area contributed by atoms with Crippen LogP contribution in [0.25, 0.3) is 10.6 Å². The molecule has 0 saturated heterocycles. The van der Waals surface area contributed by atoms with Gasteiger partial charge in [-0.05, 0) is 42.2 Å². The molecule has 136 valence electrons. The summed E-state index contributed by atoms with van der Waals surface area (Å²) in [5, 5.41) is 2.64. The third-order valence-electron chi connectivity index (χ3n) is 5.13. The van der Waals surface area contributed by atoms with Gasteiger partial charge in [-0.2, -0.15) is 0 Å². The van der Waals surface area contributed by atoms with Crippen LogP contribution in [-0.2, 0) is 0 Å². The Morgan fingerprint density at radius 2 is 2.04 bits per heavy atom. The smallest absolute Gasteiger partial charge is 0.277 e. The average molecular weight is 378 g/mol. The summed E-state index contributed by atoms with van der Waals surface area (Å²) < 4.78 is 10.8. The lowest BCUT2D eigenvalue weighted by Gasteiger charge is -2.32. The fraction of sp³-hybridized carbons (Fsp3) is 0.238. The van der Waals surface area contributed by atoms with Crippen molar-refractivity contribution in [3.05, 3.63) is 59.1 Å². The van der Waals surface area contributed by atoms with Crippen molar-refractivity contribution in [1.29, 1.82) is 0 Å². The van der Waals surface area contributed by atoms with Gasteiger partial charge in [-0.3, -0.25) is 4.79 Å². The van der Waals surface area contributed by atoms with Crippen molar-refractivity contribution in [3.63, 3.8) is 0 Å². The van der Waals surface area contributed by atoms with Crippen LogP contribution in [0.4, 0.5) is 5.69 Å². The SMILES string of the molecule is CC1CCN(C(=O)c2csc(-c3ccc4c(c3)OCO4)n2)c2ccccc21. The van der Waals surface area contributed by atoms with Gasteiger partial charge >= 0.3 is 0 Å². The van der Waals surface area contributed by atoms with E-state index in [0.29, 0.717) is 18.2 Å². The predicted octanol–water partition coefficient (Wildman–Crippen LogP) is 4.69. The van der Waals surface area contributed by atoms with Gasteiger partial charge in [0, 0.05) is 23.2 Å². The monoisotopic (exact) mass is 378 g/mol. The second kappa shape index (κ2) is 6.39. The molecule has 0 bridgehead atoms. The number of para-hydroxylation sites is 1. The minimum Gasteiger partial charge on any atom is -0.454 e. The molecule has 0 saturated carbocycles. The van der Waals surface area contributed by atoms with E-state index in [0.717, 1.165) is 34.2 Å². The molecule has 2 aliphatic heterocycles. The fourth-order valence-electron chi connectivity index (χ4n) is 3.63. The maximum absolute atomic E-state index is 13.1. The Balaban J connectivity index is 1.45. The molecule has 0 fully saturated rings. The molecule has 1 unspecified atom stereocenters. The van der Waals surface area contributed by atoms with Crippen LogP contribution in [0.1, 0.15) is 35.3 Å². The van der Waals surface area contributed by atoms with Crippen molar-refractivity contribution < 1.29 is 14.3 Å². The third kappa shape index (κ3) is 2.77. The van der Waals surface area contributed by atoms with Gasteiger partial charge in [0.1, 0.15) is 10.7 Å². The van der Waals surface area contributed by atoms with Gasteiger partial charge in [0.15, 0.2) is 11.5 Å². The number of carbonyl (C=O) groups is 1. The number of anilines is 1. The van der Waals surface area contributed by atoms with E-state index in [1.54, 1.807) is 0 Å². The molecule has 0 aliphatic carbocycles. The molecule has 0 spiro atoms. The Hall–Kier alpha value is -2.86. The summed E-state index contributed by atoms with van der Waals surface area (Å²) in [5.74, 6) is 1.88. The van der Waals surface area contributed by atoms with Gasteiger partial charge in [0.25, 0.3) is 5.91 Å². The van der Waals surface area contributed by atoms with E-state index in [4.69, 9.17) is 9.47 Å². The molecule has 6 heteroatoms. The van der Waals surface area contributed by atoms with Crippen LogP contribution in [0.5, 0.6) is 11.5 Å². The number of benzene rings is 2. The zero-order valence-electron chi connectivity index (χ0n) is 14.8. The Kier molecular flexibility index (Phi) is 3.86. The van der Waals surface area contributed by atoms with Crippen LogP contribution in [0.2, 0.25) is 0 Å². The van der Waals surface area contributed by atoms with Crippen molar-refractivity contribution in [2.24, 2.45) is 0 Å². The highest BCUT2D eigenvalue weighted by Crippen LogP contribution is 2.38. The summed E-state index contributed by atoms with van der Waals surface area (Å²) in [6.45, 7) is 3.17. The van der Waals surface area contributed by atoms with Gasteiger partial charge in [0.05, 0.1) is 0 Å². The first-order valence-electron chi connectivity index (χ1n) is 8.97. The van der Waals surface area contributed by atoms with Crippen LogP contribution in [-0.4, -0.2) is 24.2 Å². The molecular weight excluding hydrogens is 360 g/mol. The molecule has 5 rings (SSSR count). The quantitative estimate of drug-likeness (QED) is 0.649. The van der Waals surface area contributed by atoms with Gasteiger partial charge in [-0.1, -0.05) is 25.1 Å². The Morgan fingerprint density at radius 1 is 1.19 bits per heavy atom. The van der Waals surface area contributed by atoms with E-state index in [1.165, 1.54) is 16.9 Å². The molecule has 5 nitrogen and oxygen atoms in total. The van der Waals surface area contributed by atoms with Crippen LogP contribution >= 0.6 is 11.3 Å². The number of thiazole rings is 1.